The predicted octanol–water partition coefficient (Wildman–Crippen LogP) is 5.05. The topological polar surface area (TPSA) is 54.9 Å². The van der Waals surface area contributed by atoms with Gasteiger partial charge in [-0.25, -0.2) is 4.98 Å². The Kier molecular flexibility index (Phi) is 4.77. The van der Waals surface area contributed by atoms with Gasteiger partial charge in [0.1, 0.15) is 0 Å². The van der Waals surface area contributed by atoms with Crippen molar-refractivity contribution in [1.82, 2.24) is 15.3 Å². The number of fused-ring (bicyclic) bond motifs is 1. The minimum Gasteiger partial charge on any atom is -0.347 e. The molecule has 4 nitrogen and oxygen atoms in total. The maximum Gasteiger partial charge on any atom is 0.252 e. The Morgan fingerprint density at radius 3 is 2.85 bits per heavy atom. The molecule has 26 heavy (non-hydrogen) atoms. The van der Waals surface area contributed by atoms with Crippen LogP contribution in [0.15, 0.2) is 70.8 Å². The standard InChI is InChI=1S/C20H14BrN3OS/c21-14-5-6-18-16(9-14)17(20(25)23-12-15-4-2-8-26-15)10-19(24-18)13-3-1-7-22-11-13/h1-11H,12H2,(H,23,25). The summed E-state index contributed by atoms with van der Waals surface area (Å²) in [6, 6.07) is 15.4. The highest BCUT2D eigenvalue weighted by Gasteiger charge is 2.14. The summed E-state index contributed by atoms with van der Waals surface area (Å²) in [5.74, 6) is -0.117. The molecule has 3 aromatic heterocycles. The quantitative estimate of drug-likeness (QED) is 0.499. The van der Waals surface area contributed by atoms with Crippen LogP contribution in [-0.4, -0.2) is 15.9 Å². The Labute approximate surface area is 163 Å². The van der Waals surface area contributed by atoms with Crippen LogP contribution in [0.3, 0.4) is 0 Å². The van der Waals surface area contributed by atoms with Gasteiger partial charge in [-0.2, -0.15) is 0 Å². The monoisotopic (exact) mass is 423 g/mol. The molecule has 1 aromatic carbocycles. The van der Waals surface area contributed by atoms with Crippen molar-refractivity contribution in [3.63, 3.8) is 0 Å². The van der Waals surface area contributed by atoms with Crippen LogP contribution in [0.2, 0.25) is 0 Å². The molecule has 0 fully saturated rings. The van der Waals surface area contributed by atoms with Crippen molar-refractivity contribution in [1.29, 1.82) is 0 Å². The molecule has 0 saturated carbocycles. The smallest absolute Gasteiger partial charge is 0.252 e. The number of halogens is 1. The van der Waals surface area contributed by atoms with Crippen molar-refractivity contribution >= 4 is 44.1 Å². The Balaban J connectivity index is 1.77. The average molecular weight is 424 g/mol. The lowest BCUT2D eigenvalue weighted by atomic mass is 10.0. The Hall–Kier alpha value is -2.57. The normalized spacial score (nSPS) is 10.8. The summed E-state index contributed by atoms with van der Waals surface area (Å²) in [6.45, 7) is 0.510. The van der Waals surface area contributed by atoms with Crippen molar-refractivity contribution in [2.24, 2.45) is 0 Å². The summed E-state index contributed by atoms with van der Waals surface area (Å²) in [6.07, 6.45) is 3.47. The molecular weight excluding hydrogens is 410 g/mol. The third-order valence-electron chi connectivity index (χ3n) is 3.98. The van der Waals surface area contributed by atoms with E-state index >= 15 is 0 Å². The number of thiophene rings is 1. The van der Waals surface area contributed by atoms with Gasteiger partial charge in [0, 0.05) is 32.7 Å². The molecule has 0 aliphatic heterocycles. The zero-order valence-electron chi connectivity index (χ0n) is 13.6. The SMILES string of the molecule is O=C(NCc1cccs1)c1cc(-c2cccnc2)nc2ccc(Br)cc12. The number of amides is 1. The molecule has 4 aromatic rings. The van der Waals surface area contributed by atoms with E-state index in [-0.39, 0.29) is 5.91 Å². The van der Waals surface area contributed by atoms with E-state index in [0.29, 0.717) is 12.1 Å². The van der Waals surface area contributed by atoms with Crippen molar-refractivity contribution in [3.05, 3.63) is 81.2 Å². The van der Waals surface area contributed by atoms with Crippen molar-refractivity contribution in [3.8, 4) is 11.3 Å². The number of carbonyl (C=O) groups is 1. The summed E-state index contributed by atoms with van der Waals surface area (Å²) >= 11 is 5.11. The van der Waals surface area contributed by atoms with Crippen LogP contribution in [0.4, 0.5) is 0 Å². The number of carbonyl (C=O) groups excluding carboxylic acids is 1. The van der Waals surface area contributed by atoms with Gasteiger partial charge >= 0.3 is 0 Å². The zero-order valence-corrected chi connectivity index (χ0v) is 16.0. The van der Waals surface area contributed by atoms with E-state index in [2.05, 4.69) is 26.2 Å². The van der Waals surface area contributed by atoms with Crippen molar-refractivity contribution < 1.29 is 4.79 Å². The van der Waals surface area contributed by atoms with Crippen LogP contribution in [-0.2, 0) is 6.54 Å². The molecule has 0 saturated heterocycles. The van der Waals surface area contributed by atoms with Crippen molar-refractivity contribution in [2.75, 3.05) is 0 Å². The first-order chi connectivity index (χ1) is 12.7. The summed E-state index contributed by atoms with van der Waals surface area (Å²) in [4.78, 5) is 22.9. The zero-order chi connectivity index (χ0) is 17.9. The highest BCUT2D eigenvalue weighted by Crippen LogP contribution is 2.27. The van der Waals surface area contributed by atoms with Gasteiger partial charge in [0.05, 0.1) is 23.3 Å². The molecule has 0 atom stereocenters. The second kappa shape index (κ2) is 7.35. The molecule has 3 heterocycles. The van der Waals surface area contributed by atoms with E-state index in [1.54, 1.807) is 23.7 Å². The van der Waals surface area contributed by atoms with E-state index in [0.717, 1.165) is 31.5 Å². The minimum atomic E-state index is -0.117. The highest BCUT2D eigenvalue weighted by molar-refractivity contribution is 9.10. The van der Waals surface area contributed by atoms with Gasteiger partial charge in [0.15, 0.2) is 0 Å². The second-order valence-corrected chi connectivity index (χ2v) is 7.67. The fourth-order valence-electron chi connectivity index (χ4n) is 2.72. The van der Waals surface area contributed by atoms with E-state index in [1.807, 2.05) is 53.9 Å². The van der Waals surface area contributed by atoms with Crippen LogP contribution >= 0.6 is 27.3 Å². The van der Waals surface area contributed by atoms with Gasteiger partial charge in [0.2, 0.25) is 0 Å². The van der Waals surface area contributed by atoms with Crippen LogP contribution in [0, 0.1) is 0 Å². The number of nitrogens with zero attached hydrogens (tertiary/aromatic N) is 2. The fraction of sp³-hybridized carbons (Fsp3) is 0.0500. The molecule has 0 unspecified atom stereocenters. The second-order valence-electron chi connectivity index (χ2n) is 5.72. The Morgan fingerprint density at radius 1 is 1.15 bits per heavy atom. The number of nitrogens with one attached hydrogen (secondary N) is 1. The minimum absolute atomic E-state index is 0.117. The number of hydrogen-bond donors (Lipinski definition) is 1. The summed E-state index contributed by atoms with van der Waals surface area (Å²) in [5, 5.41) is 5.82. The van der Waals surface area contributed by atoms with E-state index in [9.17, 15) is 4.79 Å². The van der Waals surface area contributed by atoms with Crippen LogP contribution in [0.5, 0.6) is 0 Å². The molecule has 0 bridgehead atoms. The first-order valence-corrected chi connectivity index (χ1v) is 9.69. The maximum absolute atomic E-state index is 12.9. The molecule has 6 heteroatoms. The van der Waals surface area contributed by atoms with Crippen LogP contribution < -0.4 is 5.32 Å². The lowest BCUT2D eigenvalue weighted by Gasteiger charge is -2.10. The molecule has 128 valence electrons. The number of aromatic nitrogens is 2. The third-order valence-corrected chi connectivity index (χ3v) is 5.35. The van der Waals surface area contributed by atoms with E-state index in [4.69, 9.17) is 4.98 Å². The number of hydrogen-bond acceptors (Lipinski definition) is 4. The molecule has 4 rings (SSSR count). The largest absolute Gasteiger partial charge is 0.347 e. The van der Waals surface area contributed by atoms with E-state index in [1.165, 1.54) is 0 Å². The Morgan fingerprint density at radius 2 is 2.08 bits per heavy atom. The lowest BCUT2D eigenvalue weighted by molar-refractivity contribution is 0.0953. The summed E-state index contributed by atoms with van der Waals surface area (Å²) < 4.78 is 0.910. The summed E-state index contributed by atoms with van der Waals surface area (Å²) in [7, 11) is 0. The molecular formula is C20H14BrN3OS. The average Bonchev–Trinajstić information content (AvgIpc) is 3.19. The van der Waals surface area contributed by atoms with Gasteiger partial charge in [-0.05, 0) is 47.8 Å². The molecule has 0 spiro atoms. The number of pyridine rings is 2. The van der Waals surface area contributed by atoms with Gasteiger partial charge in [-0.1, -0.05) is 22.0 Å². The van der Waals surface area contributed by atoms with Crippen LogP contribution in [0.25, 0.3) is 22.2 Å². The first-order valence-electron chi connectivity index (χ1n) is 8.02. The Bertz CT molecular complexity index is 1070. The molecule has 0 radical (unpaired) electrons. The lowest BCUT2D eigenvalue weighted by Crippen LogP contribution is -2.22. The summed E-state index contributed by atoms with van der Waals surface area (Å²) in [5.41, 5.74) is 2.99. The highest BCUT2D eigenvalue weighted by atomic mass is 79.9. The first kappa shape index (κ1) is 16.9. The van der Waals surface area contributed by atoms with Gasteiger partial charge in [-0.15, -0.1) is 11.3 Å². The fourth-order valence-corrected chi connectivity index (χ4v) is 3.73. The van der Waals surface area contributed by atoms with Crippen LogP contribution in [0.1, 0.15) is 15.2 Å². The maximum atomic E-state index is 12.9. The van der Waals surface area contributed by atoms with Gasteiger partial charge in [-0.3, -0.25) is 9.78 Å². The number of benzene rings is 1. The van der Waals surface area contributed by atoms with E-state index < -0.39 is 0 Å². The predicted molar refractivity (Wildman–Crippen MR) is 108 cm³/mol. The molecule has 1 N–H and O–H groups in total. The molecule has 0 aliphatic carbocycles. The van der Waals surface area contributed by atoms with Gasteiger partial charge in [0.25, 0.3) is 5.91 Å². The van der Waals surface area contributed by atoms with Gasteiger partial charge < -0.3 is 5.32 Å². The molecule has 1 amide bonds. The third kappa shape index (κ3) is 3.52. The molecule has 0 aliphatic rings. The number of rotatable bonds is 4. The van der Waals surface area contributed by atoms with Crippen molar-refractivity contribution in [2.45, 2.75) is 6.54 Å².